The molecular formula is C21H21FN6O2S. The highest BCUT2D eigenvalue weighted by Crippen LogP contribution is 2.42. The van der Waals surface area contributed by atoms with Crippen LogP contribution in [-0.2, 0) is 16.4 Å². The van der Waals surface area contributed by atoms with Gasteiger partial charge in [-0.05, 0) is 37.5 Å². The summed E-state index contributed by atoms with van der Waals surface area (Å²) in [5.74, 6) is 0.945. The van der Waals surface area contributed by atoms with Crippen LogP contribution < -0.4 is 4.72 Å². The SMILES string of the molecule is CS(=O)(=O)Nc1cccc(-c2nc(C3CC3)[nH]c2-c2ccnc(CCCC#N)n2)c1F. The van der Waals surface area contributed by atoms with Gasteiger partial charge in [0.1, 0.15) is 17.3 Å². The molecule has 2 heterocycles. The van der Waals surface area contributed by atoms with E-state index in [4.69, 9.17) is 5.26 Å². The molecule has 0 bridgehead atoms. The second-order valence-corrected chi connectivity index (χ2v) is 9.28. The molecule has 0 amide bonds. The van der Waals surface area contributed by atoms with Crippen LogP contribution in [0.15, 0.2) is 30.5 Å². The molecule has 31 heavy (non-hydrogen) atoms. The summed E-state index contributed by atoms with van der Waals surface area (Å²) < 4.78 is 40.7. The second kappa shape index (κ2) is 8.43. The minimum absolute atomic E-state index is 0.137. The zero-order valence-electron chi connectivity index (χ0n) is 16.9. The zero-order chi connectivity index (χ0) is 22.0. The third kappa shape index (κ3) is 4.88. The number of nitrogens with one attached hydrogen (secondary N) is 2. The van der Waals surface area contributed by atoms with Crippen molar-refractivity contribution in [3.63, 3.8) is 0 Å². The smallest absolute Gasteiger partial charge is 0.229 e. The maximum atomic E-state index is 15.3. The largest absolute Gasteiger partial charge is 0.340 e. The Morgan fingerprint density at radius 1 is 1.29 bits per heavy atom. The van der Waals surface area contributed by atoms with Crippen LogP contribution in [-0.4, -0.2) is 34.6 Å². The van der Waals surface area contributed by atoms with Crippen molar-refractivity contribution in [3.8, 4) is 28.7 Å². The molecule has 1 fully saturated rings. The molecule has 2 aromatic heterocycles. The molecule has 4 rings (SSSR count). The van der Waals surface area contributed by atoms with E-state index in [-0.39, 0.29) is 11.3 Å². The zero-order valence-corrected chi connectivity index (χ0v) is 17.7. The maximum absolute atomic E-state index is 15.3. The monoisotopic (exact) mass is 440 g/mol. The fraction of sp³-hybridized carbons (Fsp3) is 0.333. The molecule has 10 heteroatoms. The second-order valence-electron chi connectivity index (χ2n) is 7.53. The molecule has 8 nitrogen and oxygen atoms in total. The predicted molar refractivity (Wildman–Crippen MR) is 114 cm³/mol. The highest BCUT2D eigenvalue weighted by atomic mass is 32.2. The van der Waals surface area contributed by atoms with Crippen LogP contribution in [0.25, 0.3) is 22.6 Å². The van der Waals surface area contributed by atoms with Crippen molar-refractivity contribution in [2.75, 3.05) is 11.0 Å². The number of aromatic amines is 1. The summed E-state index contributed by atoms with van der Waals surface area (Å²) in [5.41, 5.74) is 1.54. The number of rotatable bonds is 8. The van der Waals surface area contributed by atoms with E-state index in [1.807, 2.05) is 0 Å². The van der Waals surface area contributed by atoms with Crippen LogP contribution >= 0.6 is 0 Å². The Kier molecular flexibility index (Phi) is 5.69. The highest BCUT2D eigenvalue weighted by Gasteiger charge is 2.30. The average Bonchev–Trinajstić information content (AvgIpc) is 3.48. The van der Waals surface area contributed by atoms with Gasteiger partial charge in [0.2, 0.25) is 10.0 Å². The third-order valence-electron chi connectivity index (χ3n) is 4.89. The molecule has 0 radical (unpaired) electrons. The number of sulfonamides is 1. The van der Waals surface area contributed by atoms with E-state index >= 15 is 4.39 Å². The van der Waals surface area contributed by atoms with Gasteiger partial charge in [0.15, 0.2) is 5.82 Å². The quantitative estimate of drug-likeness (QED) is 0.514. The topological polar surface area (TPSA) is 124 Å². The van der Waals surface area contributed by atoms with E-state index in [1.54, 1.807) is 24.4 Å². The third-order valence-corrected chi connectivity index (χ3v) is 5.48. The van der Waals surface area contributed by atoms with Crippen LogP contribution in [0.2, 0.25) is 0 Å². The van der Waals surface area contributed by atoms with E-state index in [9.17, 15) is 8.42 Å². The number of unbranched alkanes of at least 4 members (excludes halogenated alkanes) is 1. The van der Waals surface area contributed by atoms with E-state index in [1.165, 1.54) is 6.07 Å². The van der Waals surface area contributed by atoms with Crippen LogP contribution in [0.5, 0.6) is 0 Å². The van der Waals surface area contributed by atoms with Crippen LogP contribution in [0, 0.1) is 17.1 Å². The molecule has 3 aromatic rings. The summed E-state index contributed by atoms with van der Waals surface area (Å²) >= 11 is 0. The minimum Gasteiger partial charge on any atom is -0.340 e. The Balaban J connectivity index is 1.78. The summed E-state index contributed by atoms with van der Waals surface area (Å²) in [6.07, 6.45) is 6.24. The molecule has 0 spiro atoms. The Morgan fingerprint density at radius 2 is 2.10 bits per heavy atom. The van der Waals surface area contributed by atoms with Crippen molar-refractivity contribution in [2.45, 2.75) is 38.0 Å². The lowest BCUT2D eigenvalue weighted by molar-refractivity contribution is 0.604. The molecule has 1 aliphatic carbocycles. The molecule has 0 atom stereocenters. The van der Waals surface area contributed by atoms with Gasteiger partial charge in [-0.2, -0.15) is 5.26 Å². The number of nitriles is 1. The Hall–Kier alpha value is -3.32. The van der Waals surface area contributed by atoms with E-state index < -0.39 is 15.8 Å². The maximum Gasteiger partial charge on any atom is 0.229 e. The van der Waals surface area contributed by atoms with Gasteiger partial charge in [-0.3, -0.25) is 4.72 Å². The summed E-state index contributed by atoms with van der Waals surface area (Å²) in [7, 11) is -3.64. The molecule has 0 aliphatic heterocycles. The van der Waals surface area contributed by atoms with Crippen molar-refractivity contribution in [1.82, 2.24) is 19.9 Å². The van der Waals surface area contributed by atoms with Gasteiger partial charge in [0.25, 0.3) is 0 Å². The number of hydrogen-bond donors (Lipinski definition) is 2. The fourth-order valence-electron chi connectivity index (χ4n) is 3.30. The Bertz CT molecular complexity index is 1260. The molecule has 1 aliphatic rings. The molecule has 160 valence electrons. The van der Waals surface area contributed by atoms with Gasteiger partial charge < -0.3 is 4.98 Å². The fourth-order valence-corrected chi connectivity index (χ4v) is 3.86. The molecular weight excluding hydrogens is 419 g/mol. The van der Waals surface area contributed by atoms with E-state index in [0.29, 0.717) is 48.1 Å². The number of H-pyrrole nitrogens is 1. The molecule has 1 aromatic carbocycles. The van der Waals surface area contributed by atoms with Crippen molar-refractivity contribution >= 4 is 15.7 Å². The number of halogens is 1. The van der Waals surface area contributed by atoms with Gasteiger partial charge in [0.05, 0.1) is 29.4 Å². The number of hydrogen-bond acceptors (Lipinski definition) is 6. The van der Waals surface area contributed by atoms with E-state index in [2.05, 4.69) is 30.7 Å². The summed E-state index contributed by atoms with van der Waals surface area (Å²) in [5, 5.41) is 8.74. The number of aryl methyl sites for hydroxylation is 1. The highest BCUT2D eigenvalue weighted by molar-refractivity contribution is 7.92. The van der Waals surface area contributed by atoms with E-state index in [0.717, 1.165) is 24.9 Å². The van der Waals surface area contributed by atoms with Crippen molar-refractivity contribution in [1.29, 1.82) is 5.26 Å². The van der Waals surface area contributed by atoms with Crippen LogP contribution in [0.4, 0.5) is 10.1 Å². The number of nitrogens with zero attached hydrogens (tertiary/aromatic N) is 4. The first-order valence-electron chi connectivity index (χ1n) is 9.91. The minimum atomic E-state index is -3.64. The molecule has 2 N–H and O–H groups in total. The van der Waals surface area contributed by atoms with Crippen molar-refractivity contribution in [2.24, 2.45) is 0 Å². The Morgan fingerprint density at radius 3 is 2.81 bits per heavy atom. The predicted octanol–water partition coefficient (Wildman–Crippen LogP) is 3.77. The first-order chi connectivity index (χ1) is 14.9. The van der Waals surface area contributed by atoms with Crippen molar-refractivity contribution < 1.29 is 12.8 Å². The Labute approximate surface area is 179 Å². The normalized spacial score (nSPS) is 13.7. The molecule has 1 saturated carbocycles. The summed E-state index contributed by atoms with van der Waals surface area (Å²) in [4.78, 5) is 16.8. The van der Waals surface area contributed by atoms with Crippen LogP contribution in [0.3, 0.4) is 0 Å². The number of imidazole rings is 1. The summed E-state index contributed by atoms with van der Waals surface area (Å²) in [6, 6.07) is 8.33. The van der Waals surface area contributed by atoms with Gasteiger partial charge in [-0.15, -0.1) is 0 Å². The summed E-state index contributed by atoms with van der Waals surface area (Å²) in [6.45, 7) is 0. The first-order valence-corrected chi connectivity index (χ1v) is 11.8. The lowest BCUT2D eigenvalue weighted by Crippen LogP contribution is -2.11. The number of aromatic nitrogens is 4. The van der Waals surface area contributed by atoms with Crippen LogP contribution in [0.1, 0.15) is 43.3 Å². The average molecular weight is 441 g/mol. The standard InChI is InChI=1S/C21H21FN6O2S/c1-31(29,30)28-15-6-4-5-14(18(15)22)19-20(27-21(26-19)13-8-9-13)16-10-12-24-17(25-16)7-2-3-11-23/h4-6,10,12-13,28H,2-3,7-9H2,1H3,(H,26,27). The molecule has 0 unspecified atom stereocenters. The van der Waals surface area contributed by atoms with Gasteiger partial charge in [-0.1, -0.05) is 6.07 Å². The lowest BCUT2D eigenvalue weighted by Gasteiger charge is -2.09. The number of benzene rings is 1. The van der Waals surface area contributed by atoms with Crippen molar-refractivity contribution in [3.05, 3.63) is 47.9 Å². The van der Waals surface area contributed by atoms with Gasteiger partial charge >= 0.3 is 0 Å². The number of anilines is 1. The first kappa shape index (κ1) is 20.9. The van der Waals surface area contributed by atoms with Gasteiger partial charge in [0, 0.05) is 30.5 Å². The molecule has 0 saturated heterocycles. The van der Waals surface area contributed by atoms with Gasteiger partial charge in [-0.25, -0.2) is 27.8 Å². The lowest BCUT2D eigenvalue weighted by atomic mass is 10.1.